The molecular formula is C19H21N7O2. The molecule has 2 aromatic heterocycles. The molecule has 144 valence electrons. The fraction of sp³-hybridized carbons (Fsp3) is 0.316. The van der Waals surface area contributed by atoms with Gasteiger partial charge in [0.1, 0.15) is 0 Å². The third-order valence-corrected chi connectivity index (χ3v) is 4.57. The summed E-state index contributed by atoms with van der Waals surface area (Å²) in [5, 5.41) is 17.0. The molecular weight excluding hydrogens is 358 g/mol. The van der Waals surface area contributed by atoms with Gasteiger partial charge in [-0.25, -0.2) is 0 Å². The van der Waals surface area contributed by atoms with E-state index >= 15 is 0 Å². The molecule has 0 aliphatic carbocycles. The second-order valence-electron chi connectivity index (χ2n) is 6.55. The predicted octanol–water partition coefficient (Wildman–Crippen LogP) is 0.951. The Kier molecular flexibility index (Phi) is 5.64. The molecule has 3 heterocycles. The minimum Gasteiger partial charge on any atom is -0.371 e. The van der Waals surface area contributed by atoms with Crippen molar-refractivity contribution in [3.05, 3.63) is 59.9 Å². The van der Waals surface area contributed by atoms with E-state index in [4.69, 9.17) is 4.74 Å². The van der Waals surface area contributed by atoms with Gasteiger partial charge in [-0.15, -0.1) is 10.2 Å². The second-order valence-corrected chi connectivity index (χ2v) is 6.55. The van der Waals surface area contributed by atoms with Crippen LogP contribution in [0.4, 0.5) is 0 Å². The smallest absolute Gasteiger partial charge is 0.234 e. The van der Waals surface area contributed by atoms with Gasteiger partial charge in [0.2, 0.25) is 11.7 Å². The monoisotopic (exact) mass is 379 g/mol. The molecule has 0 saturated carbocycles. The van der Waals surface area contributed by atoms with Gasteiger partial charge in [0.15, 0.2) is 0 Å². The number of nitrogens with zero attached hydrogens (tertiary/aromatic N) is 5. The van der Waals surface area contributed by atoms with Crippen LogP contribution in [-0.4, -0.2) is 62.7 Å². The van der Waals surface area contributed by atoms with Crippen LogP contribution >= 0.6 is 0 Å². The van der Waals surface area contributed by atoms with Crippen LogP contribution in [0.3, 0.4) is 0 Å². The van der Waals surface area contributed by atoms with Crippen molar-refractivity contribution < 1.29 is 9.53 Å². The van der Waals surface area contributed by atoms with Crippen LogP contribution in [0.1, 0.15) is 17.4 Å². The molecule has 3 aromatic rings. The number of amides is 1. The fourth-order valence-corrected chi connectivity index (χ4v) is 3.16. The van der Waals surface area contributed by atoms with E-state index in [1.165, 1.54) is 0 Å². The van der Waals surface area contributed by atoms with Crippen LogP contribution < -0.4 is 5.32 Å². The number of nitrogens with one attached hydrogen (secondary N) is 2. The van der Waals surface area contributed by atoms with Gasteiger partial charge in [-0.2, -0.15) is 5.21 Å². The van der Waals surface area contributed by atoms with Gasteiger partial charge >= 0.3 is 0 Å². The highest BCUT2D eigenvalue weighted by molar-refractivity contribution is 5.78. The molecule has 28 heavy (non-hydrogen) atoms. The van der Waals surface area contributed by atoms with Crippen molar-refractivity contribution in [3.8, 4) is 11.4 Å². The number of carbonyl (C=O) groups excluding carboxylic acids is 1. The number of pyridine rings is 1. The average molecular weight is 379 g/mol. The van der Waals surface area contributed by atoms with Crippen molar-refractivity contribution >= 4 is 5.91 Å². The van der Waals surface area contributed by atoms with Crippen molar-refractivity contribution in [1.82, 2.24) is 35.8 Å². The van der Waals surface area contributed by atoms with Crippen LogP contribution in [0.5, 0.6) is 0 Å². The van der Waals surface area contributed by atoms with Gasteiger partial charge in [-0.1, -0.05) is 24.3 Å². The number of benzene rings is 1. The SMILES string of the molecule is O=C(CN1CCOC(c2cccc(-c3nn[nH]n3)c2)C1)NCc1ccccn1. The van der Waals surface area contributed by atoms with Crippen molar-refractivity contribution in [2.75, 3.05) is 26.2 Å². The van der Waals surface area contributed by atoms with E-state index < -0.39 is 0 Å². The van der Waals surface area contributed by atoms with Crippen LogP contribution in [0, 0.1) is 0 Å². The van der Waals surface area contributed by atoms with Gasteiger partial charge in [-0.3, -0.25) is 14.7 Å². The standard InChI is InChI=1S/C19H21N7O2/c27-18(21-11-16-6-1-2-7-20-16)13-26-8-9-28-17(12-26)14-4-3-5-15(10-14)19-22-24-25-23-19/h1-7,10,17H,8-9,11-13H2,(H,21,27)(H,22,23,24,25). The zero-order valence-corrected chi connectivity index (χ0v) is 15.3. The lowest BCUT2D eigenvalue weighted by Gasteiger charge is -2.32. The normalized spacial score (nSPS) is 17.4. The maximum Gasteiger partial charge on any atom is 0.234 e. The first kappa shape index (κ1) is 18.2. The van der Waals surface area contributed by atoms with E-state index in [-0.39, 0.29) is 12.0 Å². The molecule has 1 atom stereocenters. The van der Waals surface area contributed by atoms with Crippen LogP contribution in [-0.2, 0) is 16.1 Å². The Labute approximate surface area is 162 Å². The molecule has 1 aliphatic rings. The Morgan fingerprint density at radius 3 is 3.07 bits per heavy atom. The number of aromatic nitrogens is 5. The van der Waals surface area contributed by atoms with E-state index in [1.807, 2.05) is 42.5 Å². The summed E-state index contributed by atoms with van der Waals surface area (Å²) in [7, 11) is 0. The van der Waals surface area contributed by atoms with E-state index in [0.29, 0.717) is 32.1 Å². The minimum atomic E-state index is -0.107. The zero-order chi connectivity index (χ0) is 19.2. The van der Waals surface area contributed by atoms with E-state index in [1.54, 1.807) is 6.20 Å². The third-order valence-electron chi connectivity index (χ3n) is 4.57. The molecule has 1 aromatic carbocycles. The molecule has 9 heteroatoms. The first-order valence-corrected chi connectivity index (χ1v) is 9.12. The molecule has 1 unspecified atom stereocenters. The summed E-state index contributed by atoms with van der Waals surface area (Å²) in [6.07, 6.45) is 1.61. The summed E-state index contributed by atoms with van der Waals surface area (Å²) < 4.78 is 5.93. The molecule has 4 rings (SSSR count). The molecule has 0 spiro atoms. The van der Waals surface area contributed by atoms with Gasteiger partial charge in [0.25, 0.3) is 0 Å². The van der Waals surface area contributed by atoms with Gasteiger partial charge in [-0.05, 0) is 29.0 Å². The number of hydrogen-bond donors (Lipinski definition) is 2. The number of morpholine rings is 1. The lowest BCUT2D eigenvalue weighted by molar-refractivity contribution is -0.124. The van der Waals surface area contributed by atoms with Crippen molar-refractivity contribution in [3.63, 3.8) is 0 Å². The van der Waals surface area contributed by atoms with E-state index in [0.717, 1.165) is 23.4 Å². The lowest BCUT2D eigenvalue weighted by atomic mass is 10.0. The number of rotatable bonds is 6. The first-order chi connectivity index (χ1) is 13.8. The number of aromatic amines is 1. The first-order valence-electron chi connectivity index (χ1n) is 9.12. The summed E-state index contributed by atoms with van der Waals surface area (Å²) in [4.78, 5) is 18.6. The maximum atomic E-state index is 12.3. The minimum absolute atomic E-state index is 0.0214. The summed E-state index contributed by atoms with van der Waals surface area (Å²) in [5.41, 5.74) is 2.75. The molecule has 1 fully saturated rings. The molecule has 1 saturated heterocycles. The molecule has 0 radical (unpaired) electrons. The predicted molar refractivity (Wildman–Crippen MR) is 101 cm³/mol. The summed E-state index contributed by atoms with van der Waals surface area (Å²) in [5.74, 6) is 0.523. The highest BCUT2D eigenvalue weighted by Crippen LogP contribution is 2.25. The second kappa shape index (κ2) is 8.68. The highest BCUT2D eigenvalue weighted by Gasteiger charge is 2.24. The zero-order valence-electron chi connectivity index (χ0n) is 15.3. The van der Waals surface area contributed by atoms with E-state index in [2.05, 4.69) is 35.8 Å². The number of H-pyrrole nitrogens is 1. The summed E-state index contributed by atoms with van der Waals surface area (Å²) in [6.45, 7) is 2.70. The summed E-state index contributed by atoms with van der Waals surface area (Å²) >= 11 is 0. The Morgan fingerprint density at radius 2 is 2.25 bits per heavy atom. The van der Waals surface area contributed by atoms with Crippen molar-refractivity contribution in [2.45, 2.75) is 12.6 Å². The summed E-state index contributed by atoms with van der Waals surface area (Å²) in [6, 6.07) is 13.5. The van der Waals surface area contributed by atoms with E-state index in [9.17, 15) is 4.79 Å². The lowest BCUT2D eigenvalue weighted by Crippen LogP contribution is -2.44. The largest absolute Gasteiger partial charge is 0.371 e. The number of hydrogen-bond acceptors (Lipinski definition) is 7. The fourth-order valence-electron chi connectivity index (χ4n) is 3.16. The number of tetrazole rings is 1. The number of carbonyl (C=O) groups is 1. The maximum absolute atomic E-state index is 12.3. The van der Waals surface area contributed by atoms with Crippen molar-refractivity contribution in [2.24, 2.45) is 0 Å². The topological polar surface area (TPSA) is 109 Å². The van der Waals surface area contributed by atoms with Gasteiger partial charge in [0.05, 0.1) is 31.5 Å². The Bertz CT molecular complexity index is 902. The Morgan fingerprint density at radius 1 is 1.29 bits per heavy atom. The van der Waals surface area contributed by atoms with Gasteiger partial charge < -0.3 is 10.1 Å². The van der Waals surface area contributed by atoms with Gasteiger partial charge in [0, 0.05) is 24.8 Å². The van der Waals surface area contributed by atoms with Crippen LogP contribution in [0.25, 0.3) is 11.4 Å². The average Bonchev–Trinajstić information content (AvgIpc) is 3.28. The highest BCUT2D eigenvalue weighted by atomic mass is 16.5. The molecule has 1 amide bonds. The Hall–Kier alpha value is -3.17. The van der Waals surface area contributed by atoms with Crippen LogP contribution in [0.2, 0.25) is 0 Å². The van der Waals surface area contributed by atoms with Crippen molar-refractivity contribution in [1.29, 1.82) is 0 Å². The molecule has 2 N–H and O–H groups in total. The van der Waals surface area contributed by atoms with Crippen LogP contribution in [0.15, 0.2) is 48.7 Å². The molecule has 1 aliphatic heterocycles. The number of ether oxygens (including phenoxy) is 1. The molecule has 0 bridgehead atoms. The third kappa shape index (κ3) is 4.56. The molecule has 9 nitrogen and oxygen atoms in total. The quantitative estimate of drug-likeness (QED) is 0.656. The Balaban J connectivity index is 1.34.